The molecule has 1 fully saturated rings. The summed E-state index contributed by atoms with van der Waals surface area (Å²) in [4.78, 5) is 27.3. The zero-order valence-electron chi connectivity index (χ0n) is 17.0. The lowest BCUT2D eigenvalue weighted by atomic mass is 9.88. The maximum absolute atomic E-state index is 13.1. The maximum Gasteiger partial charge on any atom is 0.245 e. The van der Waals surface area contributed by atoms with Gasteiger partial charge in [-0.1, -0.05) is 65.3 Å². The number of likely N-dealkylation sites (tertiary alicyclic amines) is 1. The normalized spacial score (nSPS) is 17.0. The number of piperidine rings is 1. The summed E-state index contributed by atoms with van der Waals surface area (Å²) < 4.78 is 0. The van der Waals surface area contributed by atoms with Gasteiger partial charge in [-0.15, -0.1) is 0 Å². The molecule has 1 saturated heterocycles. The fourth-order valence-corrected chi connectivity index (χ4v) is 3.78. The highest BCUT2D eigenvalue weighted by atomic mass is 35.5. The highest BCUT2D eigenvalue weighted by Crippen LogP contribution is 2.29. The quantitative estimate of drug-likeness (QED) is 0.668. The summed E-state index contributed by atoms with van der Waals surface area (Å²) in [5, 5.41) is 3.75. The Kier molecular flexibility index (Phi) is 10.0. The van der Waals surface area contributed by atoms with Crippen LogP contribution in [-0.4, -0.2) is 35.8 Å². The van der Waals surface area contributed by atoms with Gasteiger partial charge < -0.3 is 10.2 Å². The van der Waals surface area contributed by atoms with Crippen LogP contribution >= 0.6 is 11.6 Å². The second-order valence-electron chi connectivity index (χ2n) is 8.18. The molecule has 1 aliphatic rings. The fraction of sp³-hybridized carbons (Fsp3) is 0.652. The standard InChI is InChI=1S/C22H33ClN2O2.CH4/c1-5-16(4)21(24-20(26)14-15(2)3)22(27)25-12-10-18(11-13-25)17-6-8-19(23)9-7-17;/h6-9,15-16,18,21H,5,10-14H2,1-4H3,(H,24,26);1H4/t16-,21+;/m0./s1. The summed E-state index contributed by atoms with van der Waals surface area (Å²) in [6, 6.07) is 7.60. The lowest BCUT2D eigenvalue weighted by molar-refractivity contribution is -0.139. The van der Waals surface area contributed by atoms with E-state index >= 15 is 0 Å². The Morgan fingerprint density at radius 3 is 2.21 bits per heavy atom. The number of carbonyl (C=O) groups excluding carboxylic acids is 2. The predicted molar refractivity (Wildman–Crippen MR) is 118 cm³/mol. The van der Waals surface area contributed by atoms with Crippen molar-refractivity contribution in [3.8, 4) is 0 Å². The topological polar surface area (TPSA) is 49.4 Å². The van der Waals surface area contributed by atoms with E-state index in [1.54, 1.807) is 0 Å². The second kappa shape index (κ2) is 11.5. The highest BCUT2D eigenvalue weighted by molar-refractivity contribution is 6.30. The van der Waals surface area contributed by atoms with Crippen molar-refractivity contribution in [3.63, 3.8) is 0 Å². The predicted octanol–water partition coefficient (Wildman–Crippen LogP) is 5.26. The van der Waals surface area contributed by atoms with Crippen LogP contribution in [0.3, 0.4) is 0 Å². The second-order valence-corrected chi connectivity index (χ2v) is 8.62. The van der Waals surface area contributed by atoms with Gasteiger partial charge in [0.15, 0.2) is 0 Å². The largest absolute Gasteiger partial charge is 0.344 e. The van der Waals surface area contributed by atoms with Gasteiger partial charge in [0.25, 0.3) is 0 Å². The van der Waals surface area contributed by atoms with E-state index in [4.69, 9.17) is 11.6 Å². The van der Waals surface area contributed by atoms with Gasteiger partial charge in [0, 0.05) is 24.5 Å². The number of benzene rings is 1. The molecule has 0 bridgehead atoms. The molecule has 5 heteroatoms. The molecule has 0 unspecified atom stereocenters. The molecular weight excluding hydrogens is 372 g/mol. The summed E-state index contributed by atoms with van der Waals surface area (Å²) in [6.07, 6.45) is 3.21. The van der Waals surface area contributed by atoms with E-state index in [1.165, 1.54) is 5.56 Å². The van der Waals surface area contributed by atoms with Crippen LogP contribution in [-0.2, 0) is 9.59 Å². The van der Waals surface area contributed by atoms with Crippen molar-refractivity contribution >= 4 is 23.4 Å². The van der Waals surface area contributed by atoms with Gasteiger partial charge in [-0.3, -0.25) is 9.59 Å². The Hall–Kier alpha value is -1.55. The van der Waals surface area contributed by atoms with Gasteiger partial charge in [0.1, 0.15) is 6.04 Å². The summed E-state index contributed by atoms with van der Waals surface area (Å²) in [5.41, 5.74) is 1.29. The average Bonchev–Trinajstić information content (AvgIpc) is 2.65. The van der Waals surface area contributed by atoms with Crippen LogP contribution in [0.1, 0.15) is 72.3 Å². The van der Waals surface area contributed by atoms with Crippen molar-refractivity contribution in [1.29, 1.82) is 0 Å². The minimum Gasteiger partial charge on any atom is -0.344 e. The zero-order valence-corrected chi connectivity index (χ0v) is 17.8. The molecule has 0 radical (unpaired) electrons. The molecule has 0 saturated carbocycles. The number of amides is 2. The number of rotatable bonds is 7. The minimum atomic E-state index is -0.423. The molecule has 1 aliphatic heterocycles. The van der Waals surface area contributed by atoms with E-state index in [0.29, 0.717) is 12.3 Å². The molecule has 2 amide bonds. The molecule has 2 rings (SSSR count). The average molecular weight is 409 g/mol. The van der Waals surface area contributed by atoms with Gasteiger partial charge in [-0.2, -0.15) is 0 Å². The minimum absolute atomic E-state index is 0. The number of halogens is 1. The summed E-state index contributed by atoms with van der Waals surface area (Å²) in [7, 11) is 0. The molecule has 4 nitrogen and oxygen atoms in total. The van der Waals surface area contributed by atoms with Gasteiger partial charge in [0.05, 0.1) is 0 Å². The smallest absolute Gasteiger partial charge is 0.245 e. The van der Waals surface area contributed by atoms with Crippen LogP contribution in [0.4, 0.5) is 0 Å². The van der Waals surface area contributed by atoms with Gasteiger partial charge in [0.2, 0.25) is 11.8 Å². The number of hydrogen-bond donors (Lipinski definition) is 1. The van der Waals surface area contributed by atoms with Crippen molar-refractivity contribution < 1.29 is 9.59 Å². The first-order valence-corrected chi connectivity index (χ1v) is 10.5. The molecule has 1 heterocycles. The molecule has 1 aromatic rings. The SMILES string of the molecule is C.CC[C@H](C)[C@@H](NC(=O)CC(C)C)C(=O)N1CCC(c2ccc(Cl)cc2)CC1. The van der Waals surface area contributed by atoms with Crippen LogP contribution in [0.25, 0.3) is 0 Å². The van der Waals surface area contributed by atoms with Crippen LogP contribution in [0.2, 0.25) is 5.02 Å². The number of nitrogens with one attached hydrogen (secondary N) is 1. The van der Waals surface area contributed by atoms with Gasteiger partial charge >= 0.3 is 0 Å². The van der Waals surface area contributed by atoms with Gasteiger partial charge in [-0.05, 0) is 48.3 Å². The van der Waals surface area contributed by atoms with Crippen molar-refractivity contribution in [2.24, 2.45) is 11.8 Å². The first kappa shape index (κ1) is 24.5. The monoisotopic (exact) mass is 408 g/mol. The number of hydrogen-bond acceptors (Lipinski definition) is 2. The third-order valence-corrected chi connectivity index (χ3v) is 5.79. The molecule has 0 spiro atoms. The summed E-state index contributed by atoms with van der Waals surface area (Å²) in [5.74, 6) is 0.912. The van der Waals surface area contributed by atoms with Crippen molar-refractivity contribution in [3.05, 3.63) is 34.9 Å². The molecule has 2 atom stereocenters. The summed E-state index contributed by atoms with van der Waals surface area (Å²) >= 11 is 5.98. The van der Waals surface area contributed by atoms with Crippen LogP contribution in [0.5, 0.6) is 0 Å². The van der Waals surface area contributed by atoms with Crippen LogP contribution < -0.4 is 5.32 Å². The Balaban J connectivity index is 0.00000392. The molecule has 158 valence electrons. The Morgan fingerprint density at radius 2 is 1.71 bits per heavy atom. The number of carbonyl (C=O) groups is 2. The Morgan fingerprint density at radius 1 is 1.14 bits per heavy atom. The van der Waals surface area contributed by atoms with Gasteiger partial charge in [-0.25, -0.2) is 0 Å². The van der Waals surface area contributed by atoms with Crippen molar-refractivity contribution in [2.45, 2.75) is 72.8 Å². The summed E-state index contributed by atoms with van der Waals surface area (Å²) in [6.45, 7) is 9.60. The van der Waals surface area contributed by atoms with Crippen molar-refractivity contribution in [1.82, 2.24) is 10.2 Å². The van der Waals surface area contributed by atoms with E-state index in [0.717, 1.165) is 37.4 Å². The Labute approximate surface area is 176 Å². The van der Waals surface area contributed by atoms with E-state index in [9.17, 15) is 9.59 Å². The van der Waals surface area contributed by atoms with E-state index in [-0.39, 0.29) is 31.1 Å². The van der Waals surface area contributed by atoms with Crippen molar-refractivity contribution in [2.75, 3.05) is 13.1 Å². The third kappa shape index (κ3) is 6.80. The molecular formula is C23H37ClN2O2. The molecule has 28 heavy (non-hydrogen) atoms. The zero-order chi connectivity index (χ0) is 20.0. The maximum atomic E-state index is 13.1. The van der Waals surface area contributed by atoms with E-state index in [1.807, 2.05) is 37.8 Å². The highest BCUT2D eigenvalue weighted by Gasteiger charge is 2.32. The molecule has 1 aromatic carbocycles. The number of nitrogens with zero attached hydrogens (tertiary/aromatic N) is 1. The lowest BCUT2D eigenvalue weighted by Crippen LogP contribution is -2.53. The van der Waals surface area contributed by atoms with Crippen LogP contribution in [0.15, 0.2) is 24.3 Å². The first-order valence-electron chi connectivity index (χ1n) is 10.1. The third-order valence-electron chi connectivity index (χ3n) is 5.54. The lowest BCUT2D eigenvalue weighted by Gasteiger charge is -2.36. The van der Waals surface area contributed by atoms with E-state index < -0.39 is 6.04 Å². The first-order chi connectivity index (χ1) is 12.8. The molecule has 0 aromatic heterocycles. The molecule has 1 N–H and O–H groups in total. The fourth-order valence-electron chi connectivity index (χ4n) is 3.65. The van der Waals surface area contributed by atoms with Crippen LogP contribution in [0, 0.1) is 11.8 Å². The molecule has 0 aliphatic carbocycles. The van der Waals surface area contributed by atoms with E-state index in [2.05, 4.69) is 24.4 Å². The Bertz CT molecular complexity index is 622.